The number of benzene rings is 1. The third-order valence-electron chi connectivity index (χ3n) is 2.01. The van der Waals surface area contributed by atoms with Gasteiger partial charge in [-0.2, -0.15) is 0 Å². The summed E-state index contributed by atoms with van der Waals surface area (Å²) in [4.78, 5) is 10.2. The van der Waals surface area contributed by atoms with Gasteiger partial charge in [0.1, 0.15) is 6.29 Å². The molecule has 0 amide bonds. The topological polar surface area (TPSA) is 17.1 Å². The van der Waals surface area contributed by atoms with Crippen molar-refractivity contribution in [1.82, 2.24) is 0 Å². The predicted molar refractivity (Wildman–Crippen MR) is 62.5 cm³/mol. The lowest BCUT2D eigenvalue weighted by molar-refractivity contribution is -0.107. The first-order valence-corrected chi connectivity index (χ1v) is 5.26. The molecule has 15 heavy (non-hydrogen) atoms. The van der Waals surface area contributed by atoms with Crippen molar-refractivity contribution in [2.45, 2.75) is 26.7 Å². The van der Waals surface area contributed by atoms with E-state index in [4.69, 9.17) is 0 Å². The molecule has 0 saturated carbocycles. The number of aryl methyl sites for hydroxylation is 1. The Hall–Kier alpha value is -1.55. The summed E-state index contributed by atoms with van der Waals surface area (Å²) in [6.07, 6.45) is 2.37. The van der Waals surface area contributed by atoms with E-state index in [2.05, 4.69) is 25.7 Å². The van der Waals surface area contributed by atoms with E-state index >= 15 is 0 Å². The minimum absolute atomic E-state index is 0.403. The van der Waals surface area contributed by atoms with Crippen molar-refractivity contribution in [3.63, 3.8) is 0 Å². The van der Waals surface area contributed by atoms with Gasteiger partial charge in [0.2, 0.25) is 0 Å². The van der Waals surface area contributed by atoms with Gasteiger partial charge in [-0.05, 0) is 24.1 Å². The molecule has 1 heteroatoms. The molecule has 0 saturated heterocycles. The lowest BCUT2D eigenvalue weighted by atomic mass is 10.1. The van der Waals surface area contributed by atoms with Crippen LogP contribution in [-0.2, 0) is 11.2 Å². The monoisotopic (exact) mass is 200 g/mol. The molecule has 0 aliphatic heterocycles. The lowest BCUT2D eigenvalue weighted by Gasteiger charge is -1.97. The Morgan fingerprint density at radius 1 is 1.27 bits per heavy atom. The fourth-order valence-corrected chi connectivity index (χ4v) is 1.21. The highest BCUT2D eigenvalue weighted by atomic mass is 16.1. The third-order valence-corrected chi connectivity index (χ3v) is 2.01. The molecular formula is C14H16O. The van der Waals surface area contributed by atoms with Gasteiger partial charge in [0.15, 0.2) is 0 Å². The van der Waals surface area contributed by atoms with Crippen LogP contribution in [0.1, 0.15) is 31.4 Å². The Kier molecular flexibility index (Phi) is 4.63. The zero-order chi connectivity index (χ0) is 11.1. The van der Waals surface area contributed by atoms with Crippen molar-refractivity contribution < 1.29 is 4.79 Å². The maximum atomic E-state index is 10.2. The number of hydrogen-bond donors (Lipinski definition) is 0. The predicted octanol–water partition coefficient (Wildman–Crippen LogP) is 2.83. The Morgan fingerprint density at radius 2 is 1.93 bits per heavy atom. The molecule has 1 rings (SSSR count). The van der Waals surface area contributed by atoms with Crippen LogP contribution in [0.2, 0.25) is 0 Å². The van der Waals surface area contributed by atoms with Gasteiger partial charge in [0.05, 0.1) is 0 Å². The molecule has 0 aliphatic carbocycles. The Morgan fingerprint density at radius 3 is 2.47 bits per heavy atom. The van der Waals surface area contributed by atoms with Gasteiger partial charge >= 0.3 is 0 Å². The summed E-state index contributed by atoms with van der Waals surface area (Å²) in [5.74, 6) is 6.63. The molecule has 0 aromatic heterocycles. The molecule has 1 aromatic rings. The zero-order valence-corrected chi connectivity index (χ0v) is 9.29. The van der Waals surface area contributed by atoms with Crippen molar-refractivity contribution in [2.75, 3.05) is 0 Å². The molecule has 1 aromatic carbocycles. The second-order valence-electron chi connectivity index (χ2n) is 3.83. The van der Waals surface area contributed by atoms with Crippen LogP contribution in [-0.4, -0.2) is 6.29 Å². The summed E-state index contributed by atoms with van der Waals surface area (Å²) in [5, 5.41) is 0. The normalized spacial score (nSPS) is 9.53. The second kappa shape index (κ2) is 6.03. The Labute approximate surface area is 91.5 Å². The fourth-order valence-electron chi connectivity index (χ4n) is 1.21. The first kappa shape index (κ1) is 11.5. The SMILES string of the molecule is CC(C)C#Cc1ccc(CCC=O)cc1. The van der Waals surface area contributed by atoms with Gasteiger partial charge < -0.3 is 4.79 Å². The highest BCUT2D eigenvalue weighted by Crippen LogP contribution is 2.05. The molecule has 0 aliphatic rings. The molecule has 0 heterocycles. The summed E-state index contributed by atoms with van der Waals surface area (Å²) in [7, 11) is 0. The van der Waals surface area contributed by atoms with E-state index in [0.717, 1.165) is 18.3 Å². The van der Waals surface area contributed by atoms with Crippen molar-refractivity contribution in [3.8, 4) is 11.8 Å². The highest BCUT2D eigenvalue weighted by Gasteiger charge is 1.92. The van der Waals surface area contributed by atoms with E-state index < -0.39 is 0 Å². The first-order chi connectivity index (χ1) is 7.22. The van der Waals surface area contributed by atoms with Crippen molar-refractivity contribution >= 4 is 6.29 Å². The van der Waals surface area contributed by atoms with Crippen molar-refractivity contribution in [2.24, 2.45) is 5.92 Å². The van der Waals surface area contributed by atoms with Crippen LogP contribution in [0.25, 0.3) is 0 Å². The summed E-state index contributed by atoms with van der Waals surface area (Å²) in [6, 6.07) is 8.09. The van der Waals surface area contributed by atoms with Gasteiger partial charge in [0.25, 0.3) is 0 Å². The van der Waals surface area contributed by atoms with Crippen LogP contribution >= 0.6 is 0 Å². The van der Waals surface area contributed by atoms with E-state index in [1.165, 1.54) is 5.56 Å². The van der Waals surface area contributed by atoms with E-state index in [0.29, 0.717) is 12.3 Å². The van der Waals surface area contributed by atoms with Crippen LogP contribution < -0.4 is 0 Å². The summed E-state index contributed by atoms with van der Waals surface area (Å²) >= 11 is 0. The molecule has 1 nitrogen and oxygen atoms in total. The minimum atomic E-state index is 0.403. The summed E-state index contributed by atoms with van der Waals surface area (Å²) in [6.45, 7) is 4.15. The standard InChI is InChI=1S/C14H16O/c1-12(2)5-6-14-9-7-13(8-10-14)4-3-11-15/h7-12H,3-4H2,1-2H3. The molecular weight excluding hydrogens is 184 g/mol. The number of aldehydes is 1. The van der Waals surface area contributed by atoms with Crippen molar-refractivity contribution in [1.29, 1.82) is 0 Å². The summed E-state index contributed by atoms with van der Waals surface area (Å²) in [5.41, 5.74) is 2.23. The van der Waals surface area contributed by atoms with Gasteiger partial charge in [0, 0.05) is 17.9 Å². The van der Waals surface area contributed by atoms with Gasteiger partial charge in [-0.3, -0.25) is 0 Å². The van der Waals surface area contributed by atoms with Gasteiger partial charge in [-0.1, -0.05) is 37.8 Å². The maximum Gasteiger partial charge on any atom is 0.120 e. The van der Waals surface area contributed by atoms with Crippen LogP contribution in [0.15, 0.2) is 24.3 Å². The maximum absolute atomic E-state index is 10.2. The van der Waals surface area contributed by atoms with E-state index in [-0.39, 0.29) is 0 Å². The quantitative estimate of drug-likeness (QED) is 0.541. The minimum Gasteiger partial charge on any atom is -0.303 e. The summed E-state index contributed by atoms with van der Waals surface area (Å²) < 4.78 is 0. The third kappa shape index (κ3) is 4.46. The average molecular weight is 200 g/mol. The largest absolute Gasteiger partial charge is 0.303 e. The number of carbonyl (C=O) groups excluding carboxylic acids is 1. The lowest BCUT2D eigenvalue weighted by Crippen LogP contribution is -1.86. The van der Waals surface area contributed by atoms with E-state index in [1.807, 2.05) is 24.3 Å². The molecule has 0 bridgehead atoms. The molecule has 0 spiro atoms. The van der Waals surface area contributed by atoms with Gasteiger partial charge in [-0.15, -0.1) is 0 Å². The van der Waals surface area contributed by atoms with Crippen LogP contribution in [0.5, 0.6) is 0 Å². The molecule has 78 valence electrons. The second-order valence-corrected chi connectivity index (χ2v) is 3.83. The Balaban J connectivity index is 2.65. The molecule has 0 unspecified atom stereocenters. The van der Waals surface area contributed by atoms with E-state index in [1.54, 1.807) is 0 Å². The van der Waals surface area contributed by atoms with Crippen LogP contribution in [0, 0.1) is 17.8 Å². The highest BCUT2D eigenvalue weighted by molar-refractivity contribution is 5.50. The molecule has 0 radical (unpaired) electrons. The number of hydrogen-bond acceptors (Lipinski definition) is 1. The fraction of sp³-hybridized carbons (Fsp3) is 0.357. The molecule has 0 atom stereocenters. The zero-order valence-electron chi connectivity index (χ0n) is 9.29. The smallest absolute Gasteiger partial charge is 0.120 e. The van der Waals surface area contributed by atoms with Gasteiger partial charge in [-0.25, -0.2) is 0 Å². The number of rotatable bonds is 3. The first-order valence-electron chi connectivity index (χ1n) is 5.26. The van der Waals surface area contributed by atoms with Crippen LogP contribution in [0.4, 0.5) is 0 Å². The number of carbonyl (C=O) groups is 1. The van der Waals surface area contributed by atoms with E-state index in [9.17, 15) is 4.79 Å². The molecule has 0 N–H and O–H groups in total. The Bertz CT molecular complexity index is 363. The van der Waals surface area contributed by atoms with Crippen molar-refractivity contribution in [3.05, 3.63) is 35.4 Å². The van der Waals surface area contributed by atoms with Crippen LogP contribution in [0.3, 0.4) is 0 Å². The average Bonchev–Trinajstić information content (AvgIpc) is 2.25. The molecule has 0 fully saturated rings.